The molecule has 1 aliphatic heterocycles. The van der Waals surface area contributed by atoms with Crippen LogP contribution in [0.2, 0.25) is 5.02 Å². The SMILES string of the molecule is COC(=O)C1CCCN1C(=O)NCc1ccc(Cl)cc1. The number of esters is 1. The first kappa shape index (κ1) is 14.7. The molecule has 1 fully saturated rings. The molecule has 0 aromatic heterocycles. The Morgan fingerprint density at radius 2 is 2.10 bits per heavy atom. The highest BCUT2D eigenvalue weighted by molar-refractivity contribution is 6.30. The van der Waals surface area contributed by atoms with E-state index in [0.717, 1.165) is 12.0 Å². The summed E-state index contributed by atoms with van der Waals surface area (Å²) in [7, 11) is 1.34. The third-order valence-electron chi connectivity index (χ3n) is 3.34. The smallest absolute Gasteiger partial charge is 0.328 e. The zero-order valence-corrected chi connectivity index (χ0v) is 12.0. The number of halogens is 1. The molecule has 2 rings (SSSR count). The Morgan fingerprint density at radius 1 is 1.40 bits per heavy atom. The van der Waals surface area contributed by atoms with E-state index in [0.29, 0.717) is 24.5 Å². The van der Waals surface area contributed by atoms with Gasteiger partial charge in [0.25, 0.3) is 0 Å². The summed E-state index contributed by atoms with van der Waals surface area (Å²) in [5, 5.41) is 3.46. The van der Waals surface area contributed by atoms with Gasteiger partial charge in [0, 0.05) is 18.1 Å². The molecule has 1 atom stereocenters. The molecule has 5 nitrogen and oxygen atoms in total. The van der Waals surface area contributed by atoms with E-state index in [2.05, 4.69) is 5.32 Å². The van der Waals surface area contributed by atoms with Crippen molar-refractivity contribution in [3.8, 4) is 0 Å². The average Bonchev–Trinajstić information content (AvgIpc) is 2.95. The fourth-order valence-electron chi connectivity index (χ4n) is 2.27. The molecule has 20 heavy (non-hydrogen) atoms. The van der Waals surface area contributed by atoms with Gasteiger partial charge >= 0.3 is 12.0 Å². The summed E-state index contributed by atoms with van der Waals surface area (Å²) in [4.78, 5) is 25.2. The van der Waals surface area contributed by atoms with Gasteiger partial charge in [-0.15, -0.1) is 0 Å². The van der Waals surface area contributed by atoms with Crippen molar-refractivity contribution in [1.82, 2.24) is 10.2 Å². The van der Waals surface area contributed by atoms with Crippen LogP contribution >= 0.6 is 11.6 Å². The van der Waals surface area contributed by atoms with Gasteiger partial charge in [0.2, 0.25) is 0 Å². The predicted molar refractivity (Wildman–Crippen MR) is 75.4 cm³/mol. The Morgan fingerprint density at radius 3 is 2.75 bits per heavy atom. The summed E-state index contributed by atoms with van der Waals surface area (Å²) in [6, 6.07) is 6.54. The van der Waals surface area contributed by atoms with Crippen molar-refractivity contribution in [1.29, 1.82) is 0 Å². The lowest BCUT2D eigenvalue weighted by atomic mass is 10.2. The molecule has 0 bridgehead atoms. The Labute approximate surface area is 122 Å². The Bertz CT molecular complexity index is 490. The van der Waals surface area contributed by atoms with Crippen molar-refractivity contribution < 1.29 is 14.3 Å². The first-order valence-corrected chi connectivity index (χ1v) is 6.86. The van der Waals surface area contributed by atoms with Crippen molar-refractivity contribution in [2.45, 2.75) is 25.4 Å². The maximum absolute atomic E-state index is 12.1. The number of urea groups is 1. The van der Waals surface area contributed by atoms with Crippen LogP contribution in [-0.2, 0) is 16.1 Å². The molecule has 0 spiro atoms. The van der Waals surface area contributed by atoms with Crippen molar-refractivity contribution in [3.05, 3.63) is 34.9 Å². The average molecular weight is 297 g/mol. The molecule has 1 saturated heterocycles. The number of rotatable bonds is 3. The molecule has 6 heteroatoms. The van der Waals surface area contributed by atoms with Crippen LogP contribution in [0.3, 0.4) is 0 Å². The monoisotopic (exact) mass is 296 g/mol. The number of carbonyl (C=O) groups excluding carboxylic acids is 2. The molecule has 2 amide bonds. The van der Waals surface area contributed by atoms with E-state index in [1.807, 2.05) is 12.1 Å². The van der Waals surface area contributed by atoms with Gasteiger partial charge in [-0.2, -0.15) is 0 Å². The number of carbonyl (C=O) groups is 2. The van der Waals surface area contributed by atoms with Crippen LogP contribution in [0, 0.1) is 0 Å². The normalized spacial score (nSPS) is 17.9. The Hall–Kier alpha value is -1.75. The molecule has 108 valence electrons. The molecular weight excluding hydrogens is 280 g/mol. The summed E-state index contributed by atoms with van der Waals surface area (Å²) < 4.78 is 4.72. The molecule has 1 aromatic carbocycles. The fraction of sp³-hybridized carbons (Fsp3) is 0.429. The van der Waals surface area contributed by atoms with E-state index in [4.69, 9.17) is 16.3 Å². The second kappa shape index (κ2) is 6.61. The number of nitrogens with one attached hydrogen (secondary N) is 1. The molecule has 1 N–H and O–H groups in total. The molecule has 0 saturated carbocycles. The van der Waals surface area contributed by atoms with Gasteiger partial charge in [0.1, 0.15) is 6.04 Å². The quantitative estimate of drug-likeness (QED) is 0.870. The highest BCUT2D eigenvalue weighted by Gasteiger charge is 2.34. The minimum absolute atomic E-state index is 0.243. The topological polar surface area (TPSA) is 58.6 Å². The Balaban J connectivity index is 1.91. The number of ether oxygens (including phenoxy) is 1. The molecule has 1 aliphatic rings. The van der Waals surface area contributed by atoms with Crippen LogP contribution in [0.15, 0.2) is 24.3 Å². The molecule has 1 heterocycles. The first-order chi connectivity index (χ1) is 9.61. The number of amides is 2. The minimum Gasteiger partial charge on any atom is -0.467 e. The zero-order chi connectivity index (χ0) is 14.5. The number of methoxy groups -OCH3 is 1. The van der Waals surface area contributed by atoms with Crippen LogP contribution < -0.4 is 5.32 Å². The predicted octanol–water partition coefficient (Wildman–Crippen LogP) is 2.19. The zero-order valence-electron chi connectivity index (χ0n) is 11.3. The first-order valence-electron chi connectivity index (χ1n) is 6.48. The number of hydrogen-bond acceptors (Lipinski definition) is 3. The van der Waals surface area contributed by atoms with Crippen molar-refractivity contribution in [3.63, 3.8) is 0 Å². The van der Waals surface area contributed by atoms with Gasteiger partial charge in [-0.3, -0.25) is 0 Å². The van der Waals surface area contributed by atoms with Crippen LogP contribution in [-0.4, -0.2) is 36.6 Å². The van der Waals surface area contributed by atoms with Gasteiger partial charge in [-0.1, -0.05) is 23.7 Å². The largest absolute Gasteiger partial charge is 0.467 e. The maximum atomic E-state index is 12.1. The van der Waals surface area contributed by atoms with Crippen molar-refractivity contribution in [2.24, 2.45) is 0 Å². The summed E-state index contributed by atoms with van der Waals surface area (Å²) in [5.41, 5.74) is 0.955. The van der Waals surface area contributed by atoms with Crippen molar-refractivity contribution in [2.75, 3.05) is 13.7 Å². The van der Waals surface area contributed by atoms with Gasteiger partial charge in [-0.05, 0) is 30.5 Å². The van der Waals surface area contributed by atoms with E-state index < -0.39 is 6.04 Å². The minimum atomic E-state index is -0.467. The van der Waals surface area contributed by atoms with E-state index in [9.17, 15) is 9.59 Å². The highest BCUT2D eigenvalue weighted by atomic mass is 35.5. The molecular formula is C14H17ClN2O3. The number of hydrogen-bond donors (Lipinski definition) is 1. The lowest BCUT2D eigenvalue weighted by Crippen LogP contribution is -2.46. The fourth-order valence-corrected chi connectivity index (χ4v) is 2.40. The van der Waals surface area contributed by atoms with Crippen LogP contribution in [0.4, 0.5) is 4.79 Å². The lowest BCUT2D eigenvalue weighted by Gasteiger charge is -2.23. The second-order valence-electron chi connectivity index (χ2n) is 4.66. The highest BCUT2D eigenvalue weighted by Crippen LogP contribution is 2.18. The summed E-state index contributed by atoms with van der Waals surface area (Å²) in [6.45, 7) is 0.979. The standard InChI is InChI=1S/C14H17ClN2O3/c1-20-13(18)12-3-2-8-17(12)14(19)16-9-10-4-6-11(15)7-5-10/h4-7,12H,2-3,8-9H2,1H3,(H,16,19). The number of benzene rings is 1. The van der Waals surface area contributed by atoms with E-state index in [-0.39, 0.29) is 12.0 Å². The van der Waals surface area contributed by atoms with Gasteiger partial charge in [0.05, 0.1) is 7.11 Å². The van der Waals surface area contributed by atoms with E-state index in [1.165, 1.54) is 12.0 Å². The molecule has 1 aromatic rings. The maximum Gasteiger partial charge on any atom is 0.328 e. The molecule has 0 aliphatic carbocycles. The summed E-state index contributed by atoms with van der Waals surface area (Å²) in [5.74, 6) is -0.357. The Kier molecular flexibility index (Phi) is 4.84. The molecule has 1 unspecified atom stereocenters. The number of likely N-dealkylation sites (tertiary alicyclic amines) is 1. The van der Waals surface area contributed by atoms with Gasteiger partial charge in [-0.25, -0.2) is 9.59 Å². The summed E-state index contributed by atoms with van der Waals surface area (Å²) in [6.07, 6.45) is 1.47. The number of nitrogens with zero attached hydrogens (tertiary/aromatic N) is 1. The van der Waals surface area contributed by atoms with Gasteiger partial charge < -0.3 is 15.0 Å². The third kappa shape index (κ3) is 3.42. The third-order valence-corrected chi connectivity index (χ3v) is 3.60. The second-order valence-corrected chi connectivity index (χ2v) is 5.10. The summed E-state index contributed by atoms with van der Waals surface area (Å²) >= 11 is 5.80. The van der Waals surface area contributed by atoms with Crippen molar-refractivity contribution >= 4 is 23.6 Å². The van der Waals surface area contributed by atoms with E-state index >= 15 is 0 Å². The van der Waals surface area contributed by atoms with Crippen LogP contribution in [0.5, 0.6) is 0 Å². The van der Waals surface area contributed by atoms with E-state index in [1.54, 1.807) is 12.1 Å². The van der Waals surface area contributed by atoms with Gasteiger partial charge in [0.15, 0.2) is 0 Å². The molecule has 0 radical (unpaired) electrons. The van der Waals surface area contributed by atoms with Crippen LogP contribution in [0.1, 0.15) is 18.4 Å². The lowest BCUT2D eigenvalue weighted by molar-refractivity contribution is -0.144. The van der Waals surface area contributed by atoms with Crippen LogP contribution in [0.25, 0.3) is 0 Å².